The lowest BCUT2D eigenvalue weighted by Crippen LogP contribution is -2.13. The Kier molecular flexibility index (Phi) is 6.78. The molecule has 0 bridgehead atoms. The fraction of sp³-hybridized carbons (Fsp3) is 0.900. The molecule has 0 rings (SSSR count). The maximum atomic E-state index is 5.41. The molecule has 0 aromatic carbocycles. The smallest absolute Gasteiger partial charge is 0.220 e. The van der Waals surface area contributed by atoms with Gasteiger partial charge in [-0.15, -0.1) is 0 Å². The van der Waals surface area contributed by atoms with Crippen LogP contribution < -0.4 is 0 Å². The summed E-state index contributed by atoms with van der Waals surface area (Å²) >= 11 is 6.72. The van der Waals surface area contributed by atoms with Crippen LogP contribution in [-0.2, 0) is 4.74 Å². The first-order chi connectivity index (χ1) is 5.95. The average Bonchev–Trinajstić information content (AvgIpc) is 1.94. The van der Waals surface area contributed by atoms with Crippen molar-refractivity contribution < 1.29 is 4.74 Å². The van der Waals surface area contributed by atoms with E-state index in [9.17, 15) is 0 Å². The van der Waals surface area contributed by atoms with Gasteiger partial charge in [-0.25, -0.2) is 0 Å². The summed E-state index contributed by atoms with van der Waals surface area (Å²) in [4.78, 5) is 0. The van der Waals surface area contributed by atoms with Crippen LogP contribution in [0.15, 0.2) is 0 Å². The first kappa shape index (κ1) is 13.2. The molecule has 0 aliphatic heterocycles. The van der Waals surface area contributed by atoms with Gasteiger partial charge >= 0.3 is 0 Å². The van der Waals surface area contributed by atoms with E-state index in [4.69, 9.17) is 17.0 Å². The standard InChI is InChI=1S/C10H20OS2/c1-5-6-7-8-11-9(12)13-10(2,3)4/h5-8H2,1-4H3. The van der Waals surface area contributed by atoms with Crippen LogP contribution in [0.1, 0.15) is 47.0 Å². The molecule has 0 saturated heterocycles. The van der Waals surface area contributed by atoms with Crippen LogP contribution in [0.3, 0.4) is 0 Å². The summed E-state index contributed by atoms with van der Waals surface area (Å²) in [6.45, 7) is 9.37. The summed E-state index contributed by atoms with van der Waals surface area (Å²) in [6, 6.07) is 0. The van der Waals surface area contributed by atoms with Crippen LogP contribution in [0.25, 0.3) is 0 Å². The predicted octanol–water partition coefficient (Wildman–Crippen LogP) is 4.01. The van der Waals surface area contributed by atoms with E-state index < -0.39 is 0 Å². The molecule has 0 spiro atoms. The van der Waals surface area contributed by atoms with Crippen LogP contribution in [0.4, 0.5) is 0 Å². The molecule has 0 aliphatic carbocycles. The second kappa shape index (κ2) is 6.66. The molecule has 0 fully saturated rings. The van der Waals surface area contributed by atoms with Crippen LogP contribution in [-0.4, -0.2) is 15.7 Å². The number of hydrogen-bond acceptors (Lipinski definition) is 3. The van der Waals surface area contributed by atoms with Crippen molar-refractivity contribution in [2.45, 2.75) is 51.7 Å². The lowest BCUT2D eigenvalue weighted by molar-refractivity contribution is 0.309. The Morgan fingerprint density at radius 3 is 2.38 bits per heavy atom. The van der Waals surface area contributed by atoms with Crippen LogP contribution in [0.2, 0.25) is 0 Å². The van der Waals surface area contributed by atoms with Crippen LogP contribution in [0, 0.1) is 0 Å². The maximum Gasteiger partial charge on any atom is 0.220 e. The third-order valence-corrected chi connectivity index (χ3v) is 2.62. The topological polar surface area (TPSA) is 9.23 Å². The molecular weight excluding hydrogens is 200 g/mol. The van der Waals surface area contributed by atoms with Gasteiger partial charge in [0.2, 0.25) is 4.38 Å². The second-order valence-corrected chi connectivity index (χ2v) is 6.45. The highest BCUT2D eigenvalue weighted by Crippen LogP contribution is 2.25. The van der Waals surface area contributed by atoms with E-state index in [0.29, 0.717) is 4.38 Å². The van der Waals surface area contributed by atoms with Crippen molar-refractivity contribution in [3.8, 4) is 0 Å². The molecule has 0 aliphatic rings. The zero-order valence-electron chi connectivity index (χ0n) is 9.05. The van der Waals surface area contributed by atoms with Gasteiger partial charge in [0.05, 0.1) is 6.61 Å². The third-order valence-electron chi connectivity index (χ3n) is 1.36. The highest BCUT2D eigenvalue weighted by Gasteiger charge is 2.14. The molecule has 0 atom stereocenters. The van der Waals surface area contributed by atoms with Gasteiger partial charge < -0.3 is 4.74 Å². The number of rotatable bonds is 4. The summed E-state index contributed by atoms with van der Waals surface area (Å²) in [5.74, 6) is 0. The molecule has 0 unspecified atom stereocenters. The predicted molar refractivity (Wildman–Crippen MR) is 65.4 cm³/mol. The quantitative estimate of drug-likeness (QED) is 0.523. The monoisotopic (exact) mass is 220 g/mol. The largest absolute Gasteiger partial charge is 0.479 e. The summed E-state index contributed by atoms with van der Waals surface area (Å²) in [5, 5.41) is 0. The molecule has 13 heavy (non-hydrogen) atoms. The molecule has 1 nitrogen and oxygen atoms in total. The fourth-order valence-corrected chi connectivity index (χ4v) is 2.26. The second-order valence-electron chi connectivity index (χ2n) is 4.02. The number of ether oxygens (including phenoxy) is 1. The minimum absolute atomic E-state index is 0.168. The molecule has 0 N–H and O–H groups in total. The molecule has 0 heterocycles. The first-order valence-electron chi connectivity index (χ1n) is 4.81. The SMILES string of the molecule is CCCCCOC(=S)SC(C)(C)C. The van der Waals surface area contributed by atoms with Crippen molar-refractivity contribution in [1.29, 1.82) is 0 Å². The zero-order chi connectivity index (χ0) is 10.3. The summed E-state index contributed by atoms with van der Waals surface area (Å²) < 4.78 is 6.27. The minimum Gasteiger partial charge on any atom is -0.479 e. The molecule has 78 valence electrons. The van der Waals surface area contributed by atoms with E-state index in [1.165, 1.54) is 12.8 Å². The summed E-state index contributed by atoms with van der Waals surface area (Å²) in [6.07, 6.45) is 3.56. The lowest BCUT2D eigenvalue weighted by atomic mass is 10.3. The molecular formula is C10H20OS2. The van der Waals surface area contributed by atoms with Crippen LogP contribution >= 0.6 is 24.0 Å². The Balaban J connectivity index is 3.41. The Morgan fingerprint density at radius 1 is 1.31 bits per heavy atom. The van der Waals surface area contributed by atoms with E-state index in [0.717, 1.165) is 13.0 Å². The van der Waals surface area contributed by atoms with Crippen molar-refractivity contribution in [3.05, 3.63) is 0 Å². The van der Waals surface area contributed by atoms with Gasteiger partial charge in [-0.3, -0.25) is 0 Å². The molecule has 0 aromatic heterocycles. The Morgan fingerprint density at radius 2 is 1.92 bits per heavy atom. The van der Waals surface area contributed by atoms with Gasteiger partial charge in [-0.05, 0) is 18.6 Å². The Hall–Kier alpha value is 0.240. The first-order valence-corrected chi connectivity index (χ1v) is 6.04. The summed E-state index contributed by atoms with van der Waals surface area (Å²) in [7, 11) is 0. The average molecular weight is 220 g/mol. The van der Waals surface area contributed by atoms with Gasteiger partial charge in [0.1, 0.15) is 0 Å². The number of thioether (sulfide) groups is 1. The van der Waals surface area contributed by atoms with Gasteiger partial charge in [0, 0.05) is 4.75 Å². The van der Waals surface area contributed by atoms with Gasteiger partial charge in [0.25, 0.3) is 0 Å². The van der Waals surface area contributed by atoms with E-state index in [1.807, 2.05) is 0 Å². The molecule has 0 radical (unpaired) electrons. The van der Waals surface area contributed by atoms with E-state index in [2.05, 4.69) is 27.7 Å². The Bertz CT molecular complexity index is 149. The number of thiocarbonyl (C=S) groups is 1. The maximum absolute atomic E-state index is 5.41. The molecule has 0 amide bonds. The fourth-order valence-electron chi connectivity index (χ4n) is 0.787. The normalized spacial score (nSPS) is 11.4. The molecule has 3 heteroatoms. The molecule has 0 aromatic rings. The molecule has 0 saturated carbocycles. The van der Waals surface area contributed by atoms with E-state index in [-0.39, 0.29) is 4.75 Å². The van der Waals surface area contributed by atoms with E-state index >= 15 is 0 Å². The highest BCUT2D eigenvalue weighted by molar-refractivity contribution is 8.23. The highest BCUT2D eigenvalue weighted by atomic mass is 32.2. The Labute approximate surface area is 91.6 Å². The van der Waals surface area contributed by atoms with E-state index in [1.54, 1.807) is 11.8 Å². The van der Waals surface area contributed by atoms with Crippen LogP contribution in [0.5, 0.6) is 0 Å². The third kappa shape index (κ3) is 10.2. The van der Waals surface area contributed by atoms with Crippen molar-refractivity contribution in [3.63, 3.8) is 0 Å². The van der Waals surface area contributed by atoms with Gasteiger partial charge in [0.15, 0.2) is 0 Å². The minimum atomic E-state index is 0.168. The number of hydrogen-bond donors (Lipinski definition) is 0. The zero-order valence-corrected chi connectivity index (χ0v) is 10.7. The summed E-state index contributed by atoms with van der Waals surface area (Å²) in [5.41, 5.74) is 0. The van der Waals surface area contributed by atoms with Crippen molar-refractivity contribution in [2.24, 2.45) is 0 Å². The number of unbranched alkanes of at least 4 members (excludes halogenated alkanes) is 2. The van der Waals surface area contributed by atoms with Crippen molar-refractivity contribution >= 4 is 28.4 Å². The van der Waals surface area contributed by atoms with Crippen molar-refractivity contribution in [1.82, 2.24) is 0 Å². The van der Waals surface area contributed by atoms with Gasteiger partial charge in [-0.1, -0.05) is 52.3 Å². The lowest BCUT2D eigenvalue weighted by Gasteiger charge is -2.17. The van der Waals surface area contributed by atoms with Crippen molar-refractivity contribution in [2.75, 3.05) is 6.61 Å². The van der Waals surface area contributed by atoms with Gasteiger partial charge in [-0.2, -0.15) is 0 Å².